The summed E-state index contributed by atoms with van der Waals surface area (Å²) in [5, 5.41) is 0. The predicted octanol–water partition coefficient (Wildman–Crippen LogP) is 3.57. The van der Waals surface area contributed by atoms with E-state index in [4.69, 9.17) is 9.05 Å². The normalized spacial score (nSPS) is 10.8. The average Bonchev–Trinajstić information content (AvgIpc) is 2.20. The highest BCUT2D eigenvalue weighted by Crippen LogP contribution is 2.41. The molecule has 0 aliphatic heterocycles. The average molecular weight is 212 g/mol. The molecular weight excluding hydrogens is 195 g/mol. The van der Waals surface area contributed by atoms with Crippen LogP contribution in [0.4, 0.5) is 0 Å². The van der Waals surface area contributed by atoms with Gasteiger partial charge in [-0.1, -0.05) is 30.3 Å². The predicted molar refractivity (Wildman–Crippen MR) is 60.3 cm³/mol. The van der Waals surface area contributed by atoms with E-state index >= 15 is 0 Å². The van der Waals surface area contributed by atoms with Gasteiger partial charge in [-0.25, -0.2) is 0 Å². The van der Waals surface area contributed by atoms with Crippen LogP contribution >= 0.6 is 8.38 Å². The largest absolute Gasteiger partial charge is 0.334 e. The minimum absolute atomic E-state index is 0.721. The molecule has 2 nitrogen and oxygen atoms in total. The minimum Gasteiger partial charge on any atom is -0.334 e. The Morgan fingerprint density at radius 2 is 1.57 bits per heavy atom. The molecule has 1 aromatic rings. The van der Waals surface area contributed by atoms with E-state index in [1.54, 1.807) is 0 Å². The van der Waals surface area contributed by atoms with Crippen molar-refractivity contribution in [1.29, 1.82) is 0 Å². The number of hydrogen-bond acceptors (Lipinski definition) is 2. The van der Waals surface area contributed by atoms with Crippen LogP contribution in [0.2, 0.25) is 0 Å². The van der Waals surface area contributed by atoms with Crippen LogP contribution in [0.25, 0.3) is 0 Å². The zero-order valence-corrected chi connectivity index (χ0v) is 9.67. The summed E-state index contributed by atoms with van der Waals surface area (Å²) in [6, 6.07) is 10.3. The molecule has 0 unspecified atom stereocenters. The van der Waals surface area contributed by atoms with Crippen LogP contribution in [0.5, 0.6) is 0 Å². The summed E-state index contributed by atoms with van der Waals surface area (Å²) in [7, 11) is -0.737. The molecular formula is C11H17O2P. The minimum atomic E-state index is -0.737. The van der Waals surface area contributed by atoms with E-state index in [0.29, 0.717) is 0 Å². The summed E-state index contributed by atoms with van der Waals surface area (Å²) in [6.45, 7) is 5.44. The third-order valence-corrected chi connectivity index (χ3v) is 3.42. The molecule has 0 amide bonds. The quantitative estimate of drug-likeness (QED) is 0.671. The molecule has 0 saturated carbocycles. The summed E-state index contributed by atoms with van der Waals surface area (Å²) in [5.74, 6) is 0. The zero-order valence-electron chi connectivity index (χ0n) is 8.77. The number of hydrogen-bond donors (Lipinski definition) is 0. The Hall–Kier alpha value is -0.430. The molecule has 0 spiro atoms. The lowest BCUT2D eigenvalue weighted by Crippen LogP contribution is -1.93. The van der Waals surface area contributed by atoms with Crippen LogP contribution in [-0.2, 0) is 15.2 Å². The first kappa shape index (κ1) is 11.6. The second-order valence-electron chi connectivity index (χ2n) is 2.81. The fraction of sp³-hybridized carbons (Fsp3) is 0.455. The van der Waals surface area contributed by atoms with E-state index in [2.05, 4.69) is 12.1 Å². The van der Waals surface area contributed by atoms with Crippen molar-refractivity contribution in [3.63, 3.8) is 0 Å². The van der Waals surface area contributed by atoms with Crippen LogP contribution in [0.3, 0.4) is 0 Å². The highest BCUT2D eigenvalue weighted by atomic mass is 31.2. The summed E-state index contributed by atoms with van der Waals surface area (Å²) < 4.78 is 11.1. The van der Waals surface area contributed by atoms with Crippen molar-refractivity contribution in [2.75, 3.05) is 13.2 Å². The van der Waals surface area contributed by atoms with E-state index in [1.807, 2.05) is 32.0 Å². The SMILES string of the molecule is CCOP(Cc1ccccc1)OCC. The van der Waals surface area contributed by atoms with E-state index in [0.717, 1.165) is 19.4 Å². The van der Waals surface area contributed by atoms with Crippen LogP contribution < -0.4 is 0 Å². The maximum atomic E-state index is 5.53. The Balaban J connectivity index is 2.46. The van der Waals surface area contributed by atoms with E-state index in [9.17, 15) is 0 Å². The Kier molecular flexibility index (Phi) is 5.77. The molecule has 3 heteroatoms. The number of rotatable bonds is 6. The summed E-state index contributed by atoms with van der Waals surface area (Å²) in [6.07, 6.45) is 0.887. The molecule has 0 aliphatic rings. The highest BCUT2D eigenvalue weighted by molar-refractivity contribution is 7.46. The van der Waals surface area contributed by atoms with Gasteiger partial charge in [0.1, 0.15) is 0 Å². The third kappa shape index (κ3) is 4.19. The maximum Gasteiger partial charge on any atom is 0.175 e. The number of benzene rings is 1. The molecule has 0 saturated heterocycles. The van der Waals surface area contributed by atoms with Gasteiger partial charge in [-0.2, -0.15) is 0 Å². The fourth-order valence-electron chi connectivity index (χ4n) is 1.15. The summed E-state index contributed by atoms with van der Waals surface area (Å²) in [4.78, 5) is 0. The molecule has 1 rings (SSSR count). The van der Waals surface area contributed by atoms with Crippen molar-refractivity contribution < 1.29 is 9.05 Å². The molecule has 0 N–H and O–H groups in total. The van der Waals surface area contributed by atoms with Crippen LogP contribution in [0.1, 0.15) is 19.4 Å². The molecule has 0 aromatic heterocycles. The van der Waals surface area contributed by atoms with Gasteiger partial charge >= 0.3 is 0 Å². The first-order valence-electron chi connectivity index (χ1n) is 4.94. The monoisotopic (exact) mass is 212 g/mol. The Bertz CT molecular complexity index is 232. The van der Waals surface area contributed by atoms with Crippen LogP contribution in [-0.4, -0.2) is 13.2 Å². The second kappa shape index (κ2) is 6.94. The fourth-order valence-corrected chi connectivity index (χ4v) is 2.49. The first-order chi connectivity index (χ1) is 6.86. The van der Waals surface area contributed by atoms with E-state index in [-0.39, 0.29) is 0 Å². The van der Waals surface area contributed by atoms with Gasteiger partial charge in [0.15, 0.2) is 8.38 Å². The van der Waals surface area contributed by atoms with Gasteiger partial charge < -0.3 is 9.05 Å². The van der Waals surface area contributed by atoms with Crippen LogP contribution in [0.15, 0.2) is 30.3 Å². The van der Waals surface area contributed by atoms with Gasteiger partial charge in [0.05, 0.1) is 13.2 Å². The molecule has 78 valence electrons. The Morgan fingerprint density at radius 1 is 1.00 bits per heavy atom. The van der Waals surface area contributed by atoms with Crippen molar-refractivity contribution in [2.45, 2.75) is 20.0 Å². The Labute approximate surface area is 87.2 Å². The zero-order chi connectivity index (χ0) is 10.2. The molecule has 0 fully saturated rings. The second-order valence-corrected chi connectivity index (χ2v) is 4.31. The molecule has 0 aliphatic carbocycles. The van der Waals surface area contributed by atoms with Crippen LogP contribution in [0, 0.1) is 0 Å². The lowest BCUT2D eigenvalue weighted by molar-refractivity contribution is 0.268. The maximum absolute atomic E-state index is 5.53. The van der Waals surface area contributed by atoms with Crippen molar-refractivity contribution >= 4 is 8.38 Å². The molecule has 1 aromatic carbocycles. The van der Waals surface area contributed by atoms with Gasteiger partial charge in [0.25, 0.3) is 0 Å². The highest BCUT2D eigenvalue weighted by Gasteiger charge is 2.09. The van der Waals surface area contributed by atoms with Gasteiger partial charge in [0.2, 0.25) is 0 Å². The van der Waals surface area contributed by atoms with Crippen molar-refractivity contribution in [1.82, 2.24) is 0 Å². The van der Waals surface area contributed by atoms with Gasteiger partial charge in [-0.05, 0) is 19.4 Å². The van der Waals surface area contributed by atoms with Crippen molar-refractivity contribution in [3.05, 3.63) is 35.9 Å². The van der Waals surface area contributed by atoms with Gasteiger partial charge in [-0.3, -0.25) is 0 Å². The summed E-state index contributed by atoms with van der Waals surface area (Å²) in [5.41, 5.74) is 1.28. The molecule has 0 heterocycles. The standard InChI is InChI=1S/C11H17O2P/c1-3-12-14(13-4-2)10-11-8-6-5-7-9-11/h5-9H,3-4,10H2,1-2H3. The lowest BCUT2D eigenvalue weighted by Gasteiger charge is -2.15. The summed E-state index contributed by atoms with van der Waals surface area (Å²) >= 11 is 0. The molecule has 14 heavy (non-hydrogen) atoms. The van der Waals surface area contributed by atoms with Gasteiger partial charge in [-0.15, -0.1) is 0 Å². The lowest BCUT2D eigenvalue weighted by atomic mass is 10.2. The molecule has 0 radical (unpaired) electrons. The van der Waals surface area contributed by atoms with E-state index in [1.165, 1.54) is 5.56 Å². The van der Waals surface area contributed by atoms with E-state index < -0.39 is 8.38 Å². The van der Waals surface area contributed by atoms with Crippen molar-refractivity contribution in [3.8, 4) is 0 Å². The Morgan fingerprint density at radius 3 is 2.07 bits per heavy atom. The molecule has 0 atom stereocenters. The topological polar surface area (TPSA) is 18.5 Å². The van der Waals surface area contributed by atoms with Crippen molar-refractivity contribution in [2.24, 2.45) is 0 Å². The first-order valence-corrected chi connectivity index (χ1v) is 6.30. The smallest absolute Gasteiger partial charge is 0.175 e. The van der Waals surface area contributed by atoms with Gasteiger partial charge in [0, 0.05) is 6.16 Å². The third-order valence-electron chi connectivity index (χ3n) is 1.70. The molecule has 0 bridgehead atoms.